The van der Waals surface area contributed by atoms with Crippen LogP contribution in [0.1, 0.15) is 32.9 Å². The molecule has 0 aliphatic carbocycles. The summed E-state index contributed by atoms with van der Waals surface area (Å²) in [5.41, 5.74) is 4.56. The fourth-order valence-corrected chi connectivity index (χ4v) is 2.97. The summed E-state index contributed by atoms with van der Waals surface area (Å²) < 4.78 is 7.57. The van der Waals surface area contributed by atoms with Gasteiger partial charge in [-0.3, -0.25) is 9.48 Å². The van der Waals surface area contributed by atoms with Crippen molar-refractivity contribution in [2.75, 3.05) is 0 Å². The lowest BCUT2D eigenvalue weighted by molar-refractivity contribution is 0.0950. The van der Waals surface area contributed by atoms with Gasteiger partial charge < -0.3 is 10.1 Å². The molecule has 2 aromatic carbocycles. The van der Waals surface area contributed by atoms with E-state index < -0.39 is 0 Å². The number of amides is 1. The smallest absolute Gasteiger partial charge is 0.251 e. The maximum Gasteiger partial charge on any atom is 0.251 e. The quantitative estimate of drug-likeness (QED) is 0.694. The first-order chi connectivity index (χ1) is 12.9. The number of hydrogen-bond donors (Lipinski definition) is 1. The molecule has 0 aliphatic heterocycles. The summed E-state index contributed by atoms with van der Waals surface area (Å²) in [4.78, 5) is 12.5. The predicted molar refractivity (Wildman–Crippen MR) is 106 cm³/mol. The Kier molecular flexibility index (Phi) is 5.81. The highest BCUT2D eigenvalue weighted by molar-refractivity contribution is 6.30. The molecule has 3 rings (SSSR count). The van der Waals surface area contributed by atoms with Crippen molar-refractivity contribution in [1.82, 2.24) is 15.1 Å². The number of benzene rings is 2. The van der Waals surface area contributed by atoms with Gasteiger partial charge in [0.2, 0.25) is 0 Å². The van der Waals surface area contributed by atoms with E-state index in [0.29, 0.717) is 23.7 Å². The molecule has 0 radical (unpaired) electrons. The van der Waals surface area contributed by atoms with E-state index in [2.05, 4.69) is 10.4 Å². The standard InChI is InChI=1S/C21H22ClN3O2/c1-14-20(15(2)25(3)24-14)12-23-21(26)17-6-4-5-16(11-17)13-27-19-9-7-18(22)8-10-19/h4-11H,12-13H2,1-3H3,(H,23,26). The fraction of sp³-hybridized carbons (Fsp3) is 0.238. The second kappa shape index (κ2) is 8.27. The van der Waals surface area contributed by atoms with Crippen molar-refractivity contribution in [3.63, 3.8) is 0 Å². The molecule has 5 nitrogen and oxygen atoms in total. The topological polar surface area (TPSA) is 56.2 Å². The number of rotatable bonds is 6. The van der Waals surface area contributed by atoms with Crippen molar-refractivity contribution < 1.29 is 9.53 Å². The molecule has 1 heterocycles. The van der Waals surface area contributed by atoms with Crippen LogP contribution in [0.25, 0.3) is 0 Å². The monoisotopic (exact) mass is 383 g/mol. The summed E-state index contributed by atoms with van der Waals surface area (Å²) in [6.45, 7) is 4.78. The molecule has 27 heavy (non-hydrogen) atoms. The average Bonchev–Trinajstić information content (AvgIpc) is 2.91. The lowest BCUT2D eigenvalue weighted by Gasteiger charge is -2.09. The molecule has 0 atom stereocenters. The van der Waals surface area contributed by atoms with Crippen molar-refractivity contribution in [3.8, 4) is 5.75 Å². The lowest BCUT2D eigenvalue weighted by Crippen LogP contribution is -2.23. The molecule has 1 amide bonds. The minimum atomic E-state index is -0.119. The molecule has 140 valence electrons. The van der Waals surface area contributed by atoms with Gasteiger partial charge in [-0.1, -0.05) is 23.7 Å². The SMILES string of the molecule is Cc1nn(C)c(C)c1CNC(=O)c1cccc(COc2ccc(Cl)cc2)c1. The van der Waals surface area contributed by atoms with Crippen LogP contribution in [-0.2, 0) is 20.2 Å². The van der Waals surface area contributed by atoms with Crippen molar-refractivity contribution >= 4 is 17.5 Å². The largest absolute Gasteiger partial charge is 0.489 e. The van der Waals surface area contributed by atoms with Crippen LogP contribution in [-0.4, -0.2) is 15.7 Å². The molecule has 3 aromatic rings. The summed E-state index contributed by atoms with van der Waals surface area (Å²) >= 11 is 5.87. The molecule has 0 saturated heterocycles. The maximum absolute atomic E-state index is 12.5. The van der Waals surface area contributed by atoms with E-state index in [1.54, 1.807) is 18.2 Å². The third-order valence-corrected chi connectivity index (χ3v) is 4.74. The molecule has 0 unspecified atom stereocenters. The average molecular weight is 384 g/mol. The van der Waals surface area contributed by atoms with Crippen LogP contribution < -0.4 is 10.1 Å². The van der Waals surface area contributed by atoms with E-state index in [-0.39, 0.29) is 5.91 Å². The Labute approximate surface area is 163 Å². The first kappa shape index (κ1) is 19.0. The van der Waals surface area contributed by atoms with Crippen molar-refractivity contribution in [2.24, 2.45) is 7.05 Å². The molecule has 0 bridgehead atoms. The van der Waals surface area contributed by atoms with E-state index in [0.717, 1.165) is 28.3 Å². The fourth-order valence-electron chi connectivity index (χ4n) is 2.84. The van der Waals surface area contributed by atoms with E-state index >= 15 is 0 Å². The number of nitrogens with one attached hydrogen (secondary N) is 1. The van der Waals surface area contributed by atoms with Crippen molar-refractivity contribution in [3.05, 3.63) is 81.6 Å². The maximum atomic E-state index is 12.5. The zero-order chi connectivity index (χ0) is 19.4. The van der Waals surface area contributed by atoms with Gasteiger partial charge in [-0.2, -0.15) is 5.10 Å². The molecule has 6 heteroatoms. The number of aryl methyl sites for hydroxylation is 2. The normalized spacial score (nSPS) is 10.7. The lowest BCUT2D eigenvalue weighted by atomic mass is 10.1. The number of hydrogen-bond acceptors (Lipinski definition) is 3. The molecule has 0 spiro atoms. The molecule has 1 aromatic heterocycles. The number of aromatic nitrogens is 2. The van der Waals surface area contributed by atoms with Crippen LogP contribution in [0.15, 0.2) is 48.5 Å². The van der Waals surface area contributed by atoms with Crippen LogP contribution in [0.4, 0.5) is 0 Å². The Morgan fingerprint density at radius 1 is 1.19 bits per heavy atom. The van der Waals surface area contributed by atoms with Gasteiger partial charge in [0, 0.05) is 35.4 Å². The molecule has 0 fully saturated rings. The molecule has 1 N–H and O–H groups in total. The Hall–Kier alpha value is -2.79. The summed E-state index contributed by atoms with van der Waals surface area (Å²) in [6, 6.07) is 14.6. The Morgan fingerprint density at radius 2 is 1.93 bits per heavy atom. The van der Waals surface area contributed by atoms with E-state index in [1.165, 1.54) is 0 Å². The molecule has 0 saturated carbocycles. The van der Waals surface area contributed by atoms with Crippen LogP contribution in [0.2, 0.25) is 5.02 Å². The third-order valence-electron chi connectivity index (χ3n) is 4.49. The van der Waals surface area contributed by atoms with Gasteiger partial charge in [-0.25, -0.2) is 0 Å². The summed E-state index contributed by atoms with van der Waals surface area (Å²) in [5.74, 6) is 0.614. The zero-order valence-corrected chi connectivity index (χ0v) is 16.4. The van der Waals surface area contributed by atoms with Crippen molar-refractivity contribution in [1.29, 1.82) is 0 Å². The van der Waals surface area contributed by atoms with E-state index in [4.69, 9.17) is 16.3 Å². The highest BCUT2D eigenvalue weighted by Gasteiger charge is 2.12. The van der Waals surface area contributed by atoms with Gasteiger partial charge in [-0.15, -0.1) is 0 Å². The first-order valence-corrected chi connectivity index (χ1v) is 9.06. The molecular formula is C21H22ClN3O2. The van der Waals surface area contributed by atoms with E-state index in [9.17, 15) is 4.79 Å². The summed E-state index contributed by atoms with van der Waals surface area (Å²) in [6.07, 6.45) is 0. The Balaban J connectivity index is 1.62. The zero-order valence-electron chi connectivity index (χ0n) is 15.6. The highest BCUT2D eigenvalue weighted by Crippen LogP contribution is 2.17. The van der Waals surface area contributed by atoms with Crippen LogP contribution in [0.3, 0.4) is 0 Å². The number of halogens is 1. The third kappa shape index (κ3) is 4.68. The second-order valence-corrected chi connectivity index (χ2v) is 6.84. The highest BCUT2D eigenvalue weighted by atomic mass is 35.5. The van der Waals surface area contributed by atoms with Gasteiger partial charge in [0.05, 0.1) is 5.69 Å². The van der Waals surface area contributed by atoms with Gasteiger partial charge in [0.25, 0.3) is 5.91 Å². The van der Waals surface area contributed by atoms with Crippen LogP contribution >= 0.6 is 11.6 Å². The number of ether oxygens (including phenoxy) is 1. The van der Waals surface area contributed by atoms with Crippen LogP contribution in [0, 0.1) is 13.8 Å². The Morgan fingerprint density at radius 3 is 2.59 bits per heavy atom. The Bertz CT molecular complexity index is 949. The van der Waals surface area contributed by atoms with E-state index in [1.807, 2.05) is 55.9 Å². The molecular weight excluding hydrogens is 362 g/mol. The number of carbonyl (C=O) groups is 1. The van der Waals surface area contributed by atoms with Crippen molar-refractivity contribution in [2.45, 2.75) is 27.0 Å². The van der Waals surface area contributed by atoms with Gasteiger partial charge in [-0.05, 0) is 55.8 Å². The summed E-state index contributed by atoms with van der Waals surface area (Å²) in [7, 11) is 1.90. The minimum Gasteiger partial charge on any atom is -0.489 e. The summed E-state index contributed by atoms with van der Waals surface area (Å²) in [5, 5.41) is 8.01. The minimum absolute atomic E-state index is 0.119. The number of carbonyl (C=O) groups excluding carboxylic acids is 1. The predicted octanol–water partition coefficient (Wildman–Crippen LogP) is 4.20. The number of nitrogens with zero attached hydrogens (tertiary/aromatic N) is 2. The van der Waals surface area contributed by atoms with Gasteiger partial charge >= 0.3 is 0 Å². The van der Waals surface area contributed by atoms with Gasteiger partial charge in [0.1, 0.15) is 12.4 Å². The molecule has 0 aliphatic rings. The van der Waals surface area contributed by atoms with Gasteiger partial charge in [0.15, 0.2) is 0 Å². The second-order valence-electron chi connectivity index (χ2n) is 6.40. The van der Waals surface area contributed by atoms with Crippen LogP contribution in [0.5, 0.6) is 5.75 Å². The first-order valence-electron chi connectivity index (χ1n) is 8.68.